The van der Waals surface area contributed by atoms with Gasteiger partial charge in [0.2, 0.25) is 10.0 Å². The Hall–Kier alpha value is -0.920. The molecule has 0 bridgehead atoms. The summed E-state index contributed by atoms with van der Waals surface area (Å²) in [7, 11) is -3.50. The van der Waals surface area contributed by atoms with Crippen molar-refractivity contribution in [2.24, 2.45) is 5.92 Å². The van der Waals surface area contributed by atoms with E-state index in [4.69, 9.17) is 9.84 Å². The second kappa shape index (κ2) is 5.61. The van der Waals surface area contributed by atoms with E-state index in [1.54, 1.807) is 6.92 Å². The first-order valence-electron chi connectivity index (χ1n) is 5.35. The molecular weight excluding hydrogens is 246 g/mol. The Morgan fingerprint density at radius 2 is 2.24 bits per heavy atom. The van der Waals surface area contributed by atoms with Crippen molar-refractivity contribution in [1.82, 2.24) is 4.31 Å². The van der Waals surface area contributed by atoms with Crippen LogP contribution < -0.4 is 0 Å². The van der Waals surface area contributed by atoms with Gasteiger partial charge in [-0.1, -0.05) is 13.0 Å². The molecule has 0 amide bonds. The quantitative estimate of drug-likeness (QED) is 0.678. The van der Waals surface area contributed by atoms with Crippen LogP contribution in [0.3, 0.4) is 0 Å². The SMILES string of the molecule is C=CCS(=O)(=O)N(CC)C1COCC1C(=O)O. The molecule has 0 aromatic rings. The van der Waals surface area contributed by atoms with Crippen LogP contribution in [-0.2, 0) is 19.6 Å². The molecule has 0 saturated carbocycles. The van der Waals surface area contributed by atoms with Gasteiger partial charge in [0, 0.05) is 6.54 Å². The van der Waals surface area contributed by atoms with Crippen molar-refractivity contribution < 1.29 is 23.1 Å². The van der Waals surface area contributed by atoms with E-state index in [9.17, 15) is 13.2 Å². The second-order valence-electron chi connectivity index (χ2n) is 3.82. The minimum atomic E-state index is -3.50. The first-order chi connectivity index (χ1) is 7.94. The van der Waals surface area contributed by atoms with Crippen molar-refractivity contribution in [2.75, 3.05) is 25.5 Å². The van der Waals surface area contributed by atoms with E-state index in [2.05, 4.69) is 6.58 Å². The summed E-state index contributed by atoms with van der Waals surface area (Å²) in [5.74, 6) is -2.02. The molecule has 17 heavy (non-hydrogen) atoms. The average Bonchev–Trinajstić information content (AvgIpc) is 2.66. The molecule has 0 radical (unpaired) electrons. The number of carbonyl (C=O) groups is 1. The van der Waals surface area contributed by atoms with E-state index in [0.29, 0.717) is 0 Å². The summed E-state index contributed by atoms with van der Waals surface area (Å²) in [5, 5.41) is 9.00. The first kappa shape index (κ1) is 14.1. The number of nitrogens with zero attached hydrogens (tertiary/aromatic N) is 1. The van der Waals surface area contributed by atoms with Crippen LogP contribution in [0.15, 0.2) is 12.7 Å². The van der Waals surface area contributed by atoms with E-state index in [-0.39, 0.29) is 25.5 Å². The van der Waals surface area contributed by atoms with Crippen molar-refractivity contribution in [2.45, 2.75) is 13.0 Å². The predicted octanol–water partition coefficient (Wildman–Crippen LogP) is -0.0763. The van der Waals surface area contributed by atoms with E-state index in [0.717, 1.165) is 0 Å². The molecule has 1 N–H and O–H groups in total. The average molecular weight is 263 g/mol. The van der Waals surface area contributed by atoms with Crippen LogP contribution in [0.4, 0.5) is 0 Å². The third kappa shape index (κ3) is 3.05. The first-order valence-corrected chi connectivity index (χ1v) is 6.96. The molecule has 1 aliphatic rings. The van der Waals surface area contributed by atoms with Crippen LogP contribution in [0, 0.1) is 5.92 Å². The minimum absolute atomic E-state index is 0.0557. The number of carboxylic acids is 1. The molecule has 1 rings (SSSR count). The molecule has 1 heterocycles. The fourth-order valence-electron chi connectivity index (χ4n) is 1.94. The van der Waals surface area contributed by atoms with Gasteiger partial charge in [0.05, 0.1) is 30.9 Å². The van der Waals surface area contributed by atoms with E-state index in [1.807, 2.05) is 0 Å². The molecule has 0 spiro atoms. The van der Waals surface area contributed by atoms with Gasteiger partial charge in [0.1, 0.15) is 0 Å². The van der Waals surface area contributed by atoms with Crippen LogP contribution in [0.2, 0.25) is 0 Å². The summed E-state index contributed by atoms with van der Waals surface area (Å²) >= 11 is 0. The summed E-state index contributed by atoms with van der Waals surface area (Å²) in [4.78, 5) is 11.0. The van der Waals surface area contributed by atoms with Gasteiger partial charge in [-0.05, 0) is 0 Å². The zero-order valence-electron chi connectivity index (χ0n) is 9.70. The standard InChI is InChI=1S/C10H17NO5S/c1-3-5-17(14,15)11(4-2)9-7-16-6-8(9)10(12)13/h3,8-9H,1,4-7H2,2H3,(H,12,13). The molecule has 0 aromatic heterocycles. The number of rotatable bonds is 6. The molecule has 6 nitrogen and oxygen atoms in total. The lowest BCUT2D eigenvalue weighted by atomic mass is 10.0. The molecule has 7 heteroatoms. The number of sulfonamides is 1. The lowest BCUT2D eigenvalue weighted by Crippen LogP contribution is -2.47. The van der Waals surface area contributed by atoms with Crippen LogP contribution in [0.1, 0.15) is 6.92 Å². The number of hydrogen-bond donors (Lipinski definition) is 1. The van der Waals surface area contributed by atoms with Crippen LogP contribution in [0.5, 0.6) is 0 Å². The number of likely N-dealkylation sites (N-methyl/N-ethyl adjacent to an activating group) is 1. The van der Waals surface area contributed by atoms with Gasteiger partial charge in [-0.3, -0.25) is 4.79 Å². The highest BCUT2D eigenvalue weighted by Gasteiger charge is 2.41. The van der Waals surface area contributed by atoms with Crippen LogP contribution >= 0.6 is 0 Å². The fourth-order valence-corrected chi connectivity index (χ4v) is 3.45. The monoisotopic (exact) mass is 263 g/mol. The van der Waals surface area contributed by atoms with Crippen molar-refractivity contribution in [3.05, 3.63) is 12.7 Å². The molecular formula is C10H17NO5S. The highest BCUT2D eigenvalue weighted by Crippen LogP contribution is 2.22. The highest BCUT2D eigenvalue weighted by atomic mass is 32.2. The lowest BCUT2D eigenvalue weighted by Gasteiger charge is -2.27. The third-order valence-corrected chi connectivity index (χ3v) is 4.64. The van der Waals surface area contributed by atoms with Crippen LogP contribution in [-0.4, -0.2) is 55.4 Å². The molecule has 1 aliphatic heterocycles. The number of hydrogen-bond acceptors (Lipinski definition) is 4. The Bertz CT molecular complexity index is 392. The molecule has 1 saturated heterocycles. The topological polar surface area (TPSA) is 83.9 Å². The van der Waals surface area contributed by atoms with E-state index < -0.39 is 28.0 Å². The van der Waals surface area contributed by atoms with Crippen molar-refractivity contribution >= 4 is 16.0 Å². The van der Waals surface area contributed by atoms with E-state index in [1.165, 1.54) is 10.4 Å². The number of aliphatic carboxylic acids is 1. The van der Waals surface area contributed by atoms with Gasteiger partial charge in [0.25, 0.3) is 0 Å². The Balaban J connectivity index is 2.94. The van der Waals surface area contributed by atoms with Gasteiger partial charge in [-0.2, -0.15) is 4.31 Å². The summed E-state index contributed by atoms with van der Waals surface area (Å²) < 4.78 is 30.1. The van der Waals surface area contributed by atoms with Crippen molar-refractivity contribution in [3.8, 4) is 0 Å². The maximum atomic E-state index is 11.9. The van der Waals surface area contributed by atoms with Crippen molar-refractivity contribution in [1.29, 1.82) is 0 Å². The van der Waals surface area contributed by atoms with Gasteiger partial charge in [-0.25, -0.2) is 8.42 Å². The zero-order chi connectivity index (χ0) is 13.1. The predicted molar refractivity (Wildman–Crippen MR) is 62.1 cm³/mol. The van der Waals surface area contributed by atoms with Gasteiger partial charge in [-0.15, -0.1) is 6.58 Å². The molecule has 0 aliphatic carbocycles. The molecule has 2 atom stereocenters. The maximum absolute atomic E-state index is 11.9. The molecule has 1 fully saturated rings. The summed E-state index contributed by atoms with van der Waals surface area (Å²) in [6, 6.07) is -0.623. The summed E-state index contributed by atoms with van der Waals surface area (Å²) in [5.41, 5.74) is 0. The third-order valence-electron chi connectivity index (χ3n) is 2.74. The molecule has 2 unspecified atom stereocenters. The summed E-state index contributed by atoms with van der Waals surface area (Å²) in [6.07, 6.45) is 1.30. The number of carboxylic acid groups (broad SMARTS) is 1. The van der Waals surface area contributed by atoms with E-state index >= 15 is 0 Å². The smallest absolute Gasteiger partial charge is 0.310 e. The summed E-state index contributed by atoms with van der Waals surface area (Å²) in [6.45, 7) is 5.48. The lowest BCUT2D eigenvalue weighted by molar-refractivity contribution is -0.142. The van der Waals surface area contributed by atoms with Gasteiger partial charge < -0.3 is 9.84 Å². The Morgan fingerprint density at radius 1 is 1.59 bits per heavy atom. The Labute approximate surface area is 101 Å². The van der Waals surface area contributed by atoms with Gasteiger partial charge in [0.15, 0.2) is 0 Å². The maximum Gasteiger partial charge on any atom is 0.310 e. The largest absolute Gasteiger partial charge is 0.481 e. The van der Waals surface area contributed by atoms with Crippen molar-refractivity contribution in [3.63, 3.8) is 0 Å². The normalized spacial score (nSPS) is 25.1. The fraction of sp³-hybridized carbons (Fsp3) is 0.700. The minimum Gasteiger partial charge on any atom is -0.481 e. The van der Waals surface area contributed by atoms with Crippen LogP contribution in [0.25, 0.3) is 0 Å². The highest BCUT2D eigenvalue weighted by molar-refractivity contribution is 7.89. The molecule has 98 valence electrons. The Morgan fingerprint density at radius 3 is 2.71 bits per heavy atom. The second-order valence-corrected chi connectivity index (χ2v) is 5.79. The Kier molecular flexibility index (Phi) is 4.67. The van der Waals surface area contributed by atoms with Gasteiger partial charge >= 0.3 is 5.97 Å². The zero-order valence-corrected chi connectivity index (χ0v) is 10.5. The molecule has 0 aromatic carbocycles. The number of ether oxygens (including phenoxy) is 1.